The summed E-state index contributed by atoms with van der Waals surface area (Å²) in [5, 5.41) is 3.95. The molecule has 1 amide bonds. The summed E-state index contributed by atoms with van der Waals surface area (Å²) in [6, 6.07) is 13.5. The summed E-state index contributed by atoms with van der Waals surface area (Å²) in [6.45, 7) is 1.05. The first-order valence-electron chi connectivity index (χ1n) is 8.66. The summed E-state index contributed by atoms with van der Waals surface area (Å²) in [7, 11) is -3.58. The molecule has 8 heteroatoms. The van der Waals surface area contributed by atoms with Gasteiger partial charge in [0.2, 0.25) is 10.0 Å². The van der Waals surface area contributed by atoms with Crippen molar-refractivity contribution in [1.29, 1.82) is 0 Å². The van der Waals surface area contributed by atoms with Crippen molar-refractivity contribution < 1.29 is 13.2 Å². The molecule has 0 saturated carbocycles. The summed E-state index contributed by atoms with van der Waals surface area (Å²) in [5.41, 5.74) is 3.50. The van der Waals surface area contributed by atoms with Crippen LogP contribution in [0.3, 0.4) is 0 Å². The summed E-state index contributed by atoms with van der Waals surface area (Å²) >= 11 is 3.40. The predicted molar refractivity (Wildman–Crippen MR) is 108 cm³/mol. The maximum absolute atomic E-state index is 12.8. The molecule has 0 aromatic heterocycles. The highest BCUT2D eigenvalue weighted by Crippen LogP contribution is 2.21. The molecule has 0 aliphatic carbocycles. The SMILES string of the molecule is O=C(N/N=C/c1ccccc1Br)c1cccc(S(=O)(=O)N2CCCCC2)c1. The van der Waals surface area contributed by atoms with Crippen molar-refractivity contribution in [3.63, 3.8) is 0 Å². The number of hydrazone groups is 1. The Labute approximate surface area is 167 Å². The van der Waals surface area contributed by atoms with E-state index >= 15 is 0 Å². The van der Waals surface area contributed by atoms with Crippen LogP contribution >= 0.6 is 15.9 Å². The smallest absolute Gasteiger partial charge is 0.267 e. The van der Waals surface area contributed by atoms with Crippen LogP contribution in [-0.2, 0) is 10.0 Å². The summed E-state index contributed by atoms with van der Waals surface area (Å²) in [4.78, 5) is 12.5. The van der Waals surface area contributed by atoms with Crippen molar-refractivity contribution in [1.82, 2.24) is 9.73 Å². The van der Waals surface area contributed by atoms with E-state index in [1.54, 1.807) is 12.1 Å². The van der Waals surface area contributed by atoms with E-state index in [1.807, 2.05) is 24.3 Å². The topological polar surface area (TPSA) is 78.8 Å². The Morgan fingerprint density at radius 2 is 1.81 bits per heavy atom. The van der Waals surface area contributed by atoms with Gasteiger partial charge >= 0.3 is 0 Å². The highest BCUT2D eigenvalue weighted by molar-refractivity contribution is 9.10. The van der Waals surface area contributed by atoms with Crippen molar-refractivity contribution in [2.45, 2.75) is 24.2 Å². The van der Waals surface area contributed by atoms with Gasteiger partial charge in [-0.3, -0.25) is 4.79 Å². The average molecular weight is 450 g/mol. The molecule has 6 nitrogen and oxygen atoms in total. The Morgan fingerprint density at radius 3 is 2.56 bits per heavy atom. The number of rotatable bonds is 5. The van der Waals surface area contributed by atoms with Crippen LogP contribution in [0.1, 0.15) is 35.2 Å². The second-order valence-corrected chi connectivity index (χ2v) is 9.01. The van der Waals surface area contributed by atoms with E-state index in [9.17, 15) is 13.2 Å². The Balaban J connectivity index is 1.73. The van der Waals surface area contributed by atoms with Crippen molar-refractivity contribution in [2.24, 2.45) is 5.10 Å². The zero-order valence-corrected chi connectivity index (χ0v) is 17.0. The van der Waals surface area contributed by atoms with Gasteiger partial charge in [-0.05, 0) is 37.1 Å². The summed E-state index contributed by atoms with van der Waals surface area (Å²) < 4.78 is 27.9. The molecular weight excluding hydrogens is 430 g/mol. The molecule has 1 fully saturated rings. The highest BCUT2D eigenvalue weighted by Gasteiger charge is 2.26. The molecule has 0 radical (unpaired) electrons. The normalized spacial score (nSPS) is 15.7. The minimum Gasteiger partial charge on any atom is -0.267 e. The highest BCUT2D eigenvalue weighted by atomic mass is 79.9. The van der Waals surface area contributed by atoms with Gasteiger partial charge in [-0.15, -0.1) is 0 Å². The van der Waals surface area contributed by atoms with Gasteiger partial charge in [0, 0.05) is 28.7 Å². The van der Waals surface area contributed by atoms with Crippen molar-refractivity contribution in [3.8, 4) is 0 Å². The lowest BCUT2D eigenvalue weighted by Gasteiger charge is -2.25. The van der Waals surface area contributed by atoms with E-state index in [-0.39, 0.29) is 10.5 Å². The number of carbonyl (C=O) groups excluding carboxylic acids is 1. The molecule has 1 heterocycles. The molecule has 142 valence electrons. The van der Waals surface area contributed by atoms with E-state index in [0.717, 1.165) is 29.3 Å². The fourth-order valence-electron chi connectivity index (χ4n) is 2.86. The molecule has 2 aromatic carbocycles. The van der Waals surface area contributed by atoms with E-state index in [0.29, 0.717) is 13.1 Å². The van der Waals surface area contributed by atoms with Crippen LogP contribution < -0.4 is 5.43 Å². The minimum atomic E-state index is -3.58. The zero-order chi connectivity index (χ0) is 19.3. The van der Waals surface area contributed by atoms with Crippen molar-refractivity contribution in [2.75, 3.05) is 13.1 Å². The van der Waals surface area contributed by atoms with Gasteiger partial charge in [0.15, 0.2) is 0 Å². The quantitative estimate of drug-likeness (QED) is 0.561. The fraction of sp³-hybridized carbons (Fsp3) is 0.263. The number of sulfonamides is 1. The van der Waals surface area contributed by atoms with Gasteiger partial charge in [-0.2, -0.15) is 9.41 Å². The molecule has 0 atom stereocenters. The standard InChI is InChI=1S/C19H20BrN3O3S/c20-18-10-3-2-7-16(18)14-21-22-19(24)15-8-6-9-17(13-15)27(25,26)23-11-4-1-5-12-23/h2-3,6-10,13-14H,1,4-5,11-12H2,(H,22,24)/b21-14+. The third kappa shape index (κ3) is 4.82. The number of amides is 1. The molecule has 0 spiro atoms. The van der Waals surface area contributed by atoms with Crippen LogP contribution in [0, 0.1) is 0 Å². The van der Waals surface area contributed by atoms with Crippen molar-refractivity contribution in [3.05, 3.63) is 64.1 Å². The number of nitrogens with one attached hydrogen (secondary N) is 1. The van der Waals surface area contributed by atoms with Crippen molar-refractivity contribution >= 4 is 38.1 Å². The van der Waals surface area contributed by atoms with Crippen LogP contribution in [0.25, 0.3) is 0 Å². The number of hydrogen-bond acceptors (Lipinski definition) is 4. The van der Waals surface area contributed by atoms with Gasteiger partial charge < -0.3 is 0 Å². The van der Waals surface area contributed by atoms with Crippen LogP contribution in [0.4, 0.5) is 0 Å². The van der Waals surface area contributed by atoms with Gasteiger partial charge in [-0.25, -0.2) is 13.8 Å². The third-order valence-electron chi connectivity index (χ3n) is 4.32. The van der Waals surface area contributed by atoms with Crippen LogP contribution in [0.5, 0.6) is 0 Å². The van der Waals surface area contributed by atoms with Gasteiger partial charge in [0.1, 0.15) is 0 Å². The Bertz CT molecular complexity index is 954. The van der Waals surface area contributed by atoms with Crippen LogP contribution in [-0.4, -0.2) is 37.9 Å². The Hall–Kier alpha value is -2.03. The largest absolute Gasteiger partial charge is 0.271 e. The lowest BCUT2D eigenvalue weighted by atomic mass is 10.2. The Kier molecular flexibility index (Phi) is 6.41. The second-order valence-electron chi connectivity index (χ2n) is 6.21. The molecule has 1 aliphatic rings. The number of piperidine rings is 1. The molecule has 0 bridgehead atoms. The van der Waals surface area contributed by atoms with Gasteiger partial charge in [-0.1, -0.05) is 46.6 Å². The molecular formula is C19H20BrN3O3S. The number of carbonyl (C=O) groups is 1. The lowest BCUT2D eigenvalue weighted by molar-refractivity contribution is 0.0955. The van der Waals surface area contributed by atoms with E-state index in [4.69, 9.17) is 0 Å². The van der Waals surface area contributed by atoms with Gasteiger partial charge in [0.25, 0.3) is 5.91 Å². The number of hydrogen-bond donors (Lipinski definition) is 1. The van der Waals surface area contributed by atoms with Crippen LogP contribution in [0.15, 0.2) is 63.0 Å². The first-order chi connectivity index (χ1) is 13.0. The molecule has 1 N–H and O–H groups in total. The maximum Gasteiger partial charge on any atom is 0.271 e. The molecule has 3 rings (SSSR count). The summed E-state index contributed by atoms with van der Waals surface area (Å²) in [5.74, 6) is -0.464. The average Bonchev–Trinajstić information content (AvgIpc) is 2.70. The van der Waals surface area contributed by atoms with Gasteiger partial charge in [0.05, 0.1) is 11.1 Å². The first-order valence-corrected chi connectivity index (χ1v) is 10.9. The lowest BCUT2D eigenvalue weighted by Crippen LogP contribution is -2.35. The fourth-order valence-corrected chi connectivity index (χ4v) is 4.81. The molecule has 0 unspecified atom stereocenters. The van der Waals surface area contributed by atoms with E-state index in [2.05, 4.69) is 26.5 Å². The van der Waals surface area contributed by atoms with E-state index < -0.39 is 15.9 Å². The second kappa shape index (κ2) is 8.77. The number of benzene rings is 2. The summed E-state index contributed by atoms with van der Waals surface area (Å²) in [6.07, 6.45) is 4.30. The van der Waals surface area contributed by atoms with Crippen LogP contribution in [0.2, 0.25) is 0 Å². The monoisotopic (exact) mass is 449 g/mol. The molecule has 2 aromatic rings. The first kappa shape index (κ1) is 19.7. The minimum absolute atomic E-state index is 0.131. The third-order valence-corrected chi connectivity index (χ3v) is 6.94. The predicted octanol–water partition coefficient (Wildman–Crippen LogP) is 3.39. The maximum atomic E-state index is 12.8. The zero-order valence-electron chi connectivity index (χ0n) is 14.6. The number of nitrogens with zero attached hydrogens (tertiary/aromatic N) is 2. The Morgan fingerprint density at radius 1 is 1.07 bits per heavy atom. The molecule has 27 heavy (non-hydrogen) atoms. The van der Waals surface area contributed by atoms with E-state index in [1.165, 1.54) is 22.7 Å². The number of halogens is 1. The molecule has 1 aliphatic heterocycles. The molecule has 1 saturated heterocycles.